The lowest BCUT2D eigenvalue weighted by molar-refractivity contribution is -0.116. The molecule has 126 valence electrons. The Labute approximate surface area is 150 Å². The summed E-state index contributed by atoms with van der Waals surface area (Å²) in [4.78, 5) is 29.6. The van der Waals surface area contributed by atoms with Gasteiger partial charge in [0, 0.05) is 18.3 Å². The Morgan fingerprint density at radius 1 is 1.17 bits per heavy atom. The molecule has 5 nitrogen and oxygen atoms in total. The number of amides is 2. The van der Waals surface area contributed by atoms with Crippen molar-refractivity contribution in [3.8, 4) is 0 Å². The van der Waals surface area contributed by atoms with Gasteiger partial charge in [0.25, 0.3) is 5.91 Å². The number of halogens is 2. The fraction of sp³-hybridized carbons (Fsp3) is 0.235. The van der Waals surface area contributed by atoms with E-state index in [2.05, 4.69) is 10.3 Å². The van der Waals surface area contributed by atoms with E-state index in [4.69, 9.17) is 23.2 Å². The van der Waals surface area contributed by atoms with E-state index in [0.717, 1.165) is 16.8 Å². The Morgan fingerprint density at radius 2 is 1.79 bits per heavy atom. The molecule has 2 amide bonds. The number of nitrogens with one attached hydrogen (secondary N) is 1. The number of carbonyl (C=O) groups excluding carboxylic acids is 2. The summed E-state index contributed by atoms with van der Waals surface area (Å²) in [5.74, 6) is -0.650. The molecule has 0 aliphatic carbocycles. The van der Waals surface area contributed by atoms with Crippen molar-refractivity contribution in [3.05, 3.63) is 57.3 Å². The smallest absolute Gasteiger partial charge is 0.254 e. The van der Waals surface area contributed by atoms with Crippen LogP contribution < -0.4 is 5.32 Å². The van der Waals surface area contributed by atoms with Crippen molar-refractivity contribution in [3.63, 3.8) is 0 Å². The number of nitrogens with zero attached hydrogens (tertiary/aromatic N) is 2. The number of benzene rings is 1. The molecular formula is C17H17Cl2N3O2. The zero-order valence-corrected chi connectivity index (χ0v) is 15.1. The minimum Gasteiger partial charge on any atom is -0.332 e. The maximum Gasteiger partial charge on any atom is 0.254 e. The fourth-order valence-electron chi connectivity index (χ4n) is 2.17. The van der Waals surface area contributed by atoms with Gasteiger partial charge in [-0.2, -0.15) is 0 Å². The van der Waals surface area contributed by atoms with Crippen molar-refractivity contribution in [1.29, 1.82) is 0 Å². The van der Waals surface area contributed by atoms with Crippen molar-refractivity contribution >= 4 is 40.7 Å². The van der Waals surface area contributed by atoms with Crippen molar-refractivity contribution in [2.45, 2.75) is 13.8 Å². The second kappa shape index (κ2) is 7.64. The molecule has 0 spiro atoms. The zero-order valence-electron chi connectivity index (χ0n) is 13.6. The highest BCUT2D eigenvalue weighted by Crippen LogP contribution is 2.18. The van der Waals surface area contributed by atoms with E-state index < -0.39 is 0 Å². The molecule has 0 atom stereocenters. The maximum atomic E-state index is 12.4. The summed E-state index contributed by atoms with van der Waals surface area (Å²) in [5.41, 5.74) is 3.09. The number of hydrogen-bond donors (Lipinski definition) is 1. The first-order valence-corrected chi connectivity index (χ1v) is 7.98. The lowest BCUT2D eigenvalue weighted by Gasteiger charge is -2.18. The van der Waals surface area contributed by atoms with Crippen LogP contribution in [-0.2, 0) is 4.79 Å². The number of pyridine rings is 1. The van der Waals surface area contributed by atoms with Crippen LogP contribution >= 0.6 is 23.2 Å². The Kier molecular flexibility index (Phi) is 5.80. The summed E-state index contributed by atoms with van der Waals surface area (Å²) in [5, 5.41) is 3.06. The van der Waals surface area contributed by atoms with Gasteiger partial charge in [0.15, 0.2) is 0 Å². The van der Waals surface area contributed by atoms with Crippen LogP contribution in [0.25, 0.3) is 0 Å². The van der Waals surface area contributed by atoms with Crippen molar-refractivity contribution in [2.75, 3.05) is 18.9 Å². The van der Waals surface area contributed by atoms with Crippen LogP contribution in [0.15, 0.2) is 30.3 Å². The van der Waals surface area contributed by atoms with Crippen molar-refractivity contribution in [2.24, 2.45) is 0 Å². The van der Waals surface area contributed by atoms with Gasteiger partial charge in [-0.25, -0.2) is 4.98 Å². The molecule has 1 N–H and O–H groups in total. The predicted octanol–water partition coefficient (Wildman–Crippen LogP) is 3.72. The van der Waals surface area contributed by atoms with Gasteiger partial charge in [-0.15, -0.1) is 0 Å². The minimum absolute atomic E-state index is 0.0935. The first-order valence-electron chi connectivity index (χ1n) is 7.22. The number of carbonyl (C=O) groups is 2. The van der Waals surface area contributed by atoms with Crippen molar-refractivity contribution < 1.29 is 9.59 Å². The summed E-state index contributed by atoms with van der Waals surface area (Å²) in [6.07, 6.45) is 0. The molecule has 0 saturated carbocycles. The molecule has 24 heavy (non-hydrogen) atoms. The Bertz CT molecular complexity index is 773. The molecular weight excluding hydrogens is 349 g/mol. The Morgan fingerprint density at radius 3 is 2.42 bits per heavy atom. The second-order valence-electron chi connectivity index (χ2n) is 5.46. The monoisotopic (exact) mass is 365 g/mol. The van der Waals surface area contributed by atoms with Crippen LogP contribution in [0.3, 0.4) is 0 Å². The van der Waals surface area contributed by atoms with Gasteiger partial charge >= 0.3 is 0 Å². The lowest BCUT2D eigenvalue weighted by Crippen LogP contribution is -2.35. The third-order valence-corrected chi connectivity index (χ3v) is 4.00. The number of rotatable bonds is 4. The largest absolute Gasteiger partial charge is 0.332 e. The number of aryl methyl sites for hydroxylation is 1. The minimum atomic E-state index is -0.364. The highest BCUT2D eigenvalue weighted by molar-refractivity contribution is 6.33. The van der Waals surface area contributed by atoms with Crippen LogP contribution in [0.5, 0.6) is 0 Å². The van der Waals surface area contributed by atoms with Crippen LogP contribution in [0.1, 0.15) is 21.5 Å². The first-order chi connectivity index (χ1) is 11.3. The predicted molar refractivity (Wildman–Crippen MR) is 95.8 cm³/mol. The summed E-state index contributed by atoms with van der Waals surface area (Å²) in [7, 11) is 1.53. The van der Waals surface area contributed by atoms with Gasteiger partial charge < -0.3 is 10.2 Å². The standard InChI is InChI=1S/C17H17Cl2N3O2/c1-10-5-4-6-13(11(10)2)20-16(23)9-22(3)17(24)12-7-14(18)21-15(19)8-12/h4-8H,9H2,1-3H3,(H,20,23). The summed E-state index contributed by atoms with van der Waals surface area (Å²) >= 11 is 11.6. The zero-order chi connectivity index (χ0) is 17.9. The average Bonchev–Trinajstić information content (AvgIpc) is 2.50. The van der Waals surface area contributed by atoms with E-state index in [0.29, 0.717) is 0 Å². The SMILES string of the molecule is Cc1cccc(NC(=O)CN(C)C(=O)c2cc(Cl)nc(Cl)c2)c1C. The average molecular weight is 366 g/mol. The summed E-state index contributed by atoms with van der Waals surface area (Å²) < 4.78 is 0. The third-order valence-electron chi connectivity index (χ3n) is 3.62. The van der Waals surface area contributed by atoms with Gasteiger partial charge in [0.1, 0.15) is 10.3 Å². The summed E-state index contributed by atoms with van der Waals surface area (Å²) in [6, 6.07) is 8.49. The van der Waals surface area contributed by atoms with Gasteiger partial charge in [-0.1, -0.05) is 35.3 Å². The van der Waals surface area contributed by atoms with Gasteiger partial charge in [0.05, 0.1) is 6.54 Å². The highest BCUT2D eigenvalue weighted by Gasteiger charge is 2.17. The molecule has 0 aliphatic heterocycles. The quantitative estimate of drug-likeness (QED) is 0.839. The number of aromatic nitrogens is 1. The Balaban J connectivity index is 2.05. The molecule has 1 aromatic heterocycles. The molecule has 0 radical (unpaired) electrons. The van der Waals surface area contributed by atoms with E-state index >= 15 is 0 Å². The number of likely N-dealkylation sites (N-methyl/N-ethyl adjacent to an activating group) is 1. The third kappa shape index (κ3) is 4.46. The normalized spacial score (nSPS) is 10.4. The van der Waals surface area contributed by atoms with Gasteiger partial charge in [-0.05, 0) is 43.2 Å². The van der Waals surface area contributed by atoms with Crippen LogP contribution in [0, 0.1) is 13.8 Å². The van der Waals surface area contributed by atoms with Gasteiger partial charge in [-0.3, -0.25) is 9.59 Å². The van der Waals surface area contributed by atoms with E-state index in [1.807, 2.05) is 32.0 Å². The second-order valence-corrected chi connectivity index (χ2v) is 6.23. The van der Waals surface area contributed by atoms with E-state index in [1.54, 1.807) is 0 Å². The first kappa shape index (κ1) is 18.2. The van der Waals surface area contributed by atoms with Crippen LogP contribution in [-0.4, -0.2) is 35.3 Å². The van der Waals surface area contributed by atoms with Crippen LogP contribution in [0.4, 0.5) is 5.69 Å². The Hall–Kier alpha value is -2.11. The van der Waals surface area contributed by atoms with E-state index in [9.17, 15) is 9.59 Å². The molecule has 0 unspecified atom stereocenters. The highest BCUT2D eigenvalue weighted by atomic mass is 35.5. The molecule has 2 aromatic rings. The maximum absolute atomic E-state index is 12.4. The molecule has 0 saturated heterocycles. The van der Waals surface area contributed by atoms with E-state index in [-0.39, 0.29) is 34.2 Å². The molecule has 0 fully saturated rings. The molecule has 2 rings (SSSR count). The number of anilines is 1. The molecule has 0 bridgehead atoms. The summed E-state index contributed by atoms with van der Waals surface area (Å²) in [6.45, 7) is 3.81. The molecule has 1 heterocycles. The van der Waals surface area contributed by atoms with E-state index in [1.165, 1.54) is 24.1 Å². The number of hydrogen-bond acceptors (Lipinski definition) is 3. The van der Waals surface area contributed by atoms with Gasteiger partial charge in [0.2, 0.25) is 5.91 Å². The molecule has 7 heteroatoms. The fourth-order valence-corrected chi connectivity index (χ4v) is 2.63. The van der Waals surface area contributed by atoms with Crippen LogP contribution in [0.2, 0.25) is 10.3 Å². The topological polar surface area (TPSA) is 62.3 Å². The lowest BCUT2D eigenvalue weighted by atomic mass is 10.1. The van der Waals surface area contributed by atoms with Crippen molar-refractivity contribution in [1.82, 2.24) is 9.88 Å². The molecule has 0 aliphatic rings. The molecule has 1 aromatic carbocycles.